The molecule has 1 N–H and O–H groups in total. The molecule has 0 aromatic heterocycles. The standard InChI is InChI=1S/C30H36F3NO8/c1-19(39-18-37-16-20-8-6-5-7-9-20)10-15-23(34-28(35)30(31,32)33)24-25(26-27(40-24)42-29(2,3)41-26)38-17-21-11-13-22(36-4)14-12-21/h5-15,19,23-27H,16-18H2,1-4H3,(H,34,35)/b15-10+/t19-,23-,24-,25-,26-,27-/m1/s1. The first-order valence-electron chi connectivity index (χ1n) is 13.5. The lowest BCUT2D eigenvalue weighted by Crippen LogP contribution is -2.52. The van der Waals surface area contributed by atoms with E-state index in [1.165, 1.54) is 12.2 Å². The van der Waals surface area contributed by atoms with Gasteiger partial charge in [-0.15, -0.1) is 0 Å². The number of benzene rings is 2. The van der Waals surface area contributed by atoms with Crippen molar-refractivity contribution in [3.05, 3.63) is 77.9 Å². The fraction of sp³-hybridized carbons (Fsp3) is 0.500. The lowest BCUT2D eigenvalue weighted by atomic mass is 10.0. The zero-order chi connectivity index (χ0) is 30.3. The van der Waals surface area contributed by atoms with Crippen LogP contribution in [0.1, 0.15) is 31.9 Å². The second kappa shape index (κ2) is 14.0. The number of methoxy groups -OCH3 is 1. The minimum absolute atomic E-state index is 0.0472. The zero-order valence-electron chi connectivity index (χ0n) is 23.8. The molecule has 0 saturated carbocycles. The molecule has 2 saturated heterocycles. The van der Waals surface area contributed by atoms with Crippen LogP contribution >= 0.6 is 0 Å². The SMILES string of the molecule is COc1ccc(CO[C@H]2[C@H]3OC(C)(C)O[C@H]3O[C@@H]2[C@@H](/C=C/[C@@H](C)OCOCc2ccccc2)NC(=O)C(F)(F)F)cc1. The maximum Gasteiger partial charge on any atom is 0.471 e. The van der Waals surface area contributed by atoms with Crippen molar-refractivity contribution in [3.63, 3.8) is 0 Å². The highest BCUT2D eigenvalue weighted by Crippen LogP contribution is 2.40. The first-order valence-corrected chi connectivity index (χ1v) is 13.5. The van der Waals surface area contributed by atoms with Gasteiger partial charge in [0.05, 0.1) is 32.5 Å². The van der Waals surface area contributed by atoms with Gasteiger partial charge < -0.3 is 38.5 Å². The molecule has 0 unspecified atom stereocenters. The van der Waals surface area contributed by atoms with Gasteiger partial charge in [0.2, 0.25) is 0 Å². The van der Waals surface area contributed by atoms with Crippen LogP contribution in [0.5, 0.6) is 5.75 Å². The molecule has 0 spiro atoms. The molecule has 42 heavy (non-hydrogen) atoms. The molecule has 2 aromatic rings. The number of halogens is 3. The van der Waals surface area contributed by atoms with Gasteiger partial charge >= 0.3 is 12.1 Å². The van der Waals surface area contributed by atoms with E-state index in [-0.39, 0.29) is 13.4 Å². The third-order valence-electron chi connectivity index (χ3n) is 6.65. The van der Waals surface area contributed by atoms with Gasteiger partial charge in [-0.05, 0) is 44.0 Å². The van der Waals surface area contributed by atoms with Crippen LogP contribution in [0.3, 0.4) is 0 Å². The smallest absolute Gasteiger partial charge is 0.471 e. The molecule has 2 aliphatic heterocycles. The minimum Gasteiger partial charge on any atom is -0.497 e. The van der Waals surface area contributed by atoms with E-state index in [0.717, 1.165) is 11.1 Å². The number of hydrogen-bond acceptors (Lipinski definition) is 8. The van der Waals surface area contributed by atoms with Gasteiger partial charge in [0, 0.05) is 0 Å². The minimum atomic E-state index is -5.11. The summed E-state index contributed by atoms with van der Waals surface area (Å²) in [6.07, 6.45) is -6.36. The molecule has 4 rings (SSSR count). The topological polar surface area (TPSA) is 93.7 Å². The second-order valence-corrected chi connectivity index (χ2v) is 10.4. The van der Waals surface area contributed by atoms with E-state index in [2.05, 4.69) is 0 Å². The summed E-state index contributed by atoms with van der Waals surface area (Å²) in [6, 6.07) is 15.4. The van der Waals surface area contributed by atoms with Gasteiger partial charge in [-0.3, -0.25) is 4.79 Å². The summed E-state index contributed by atoms with van der Waals surface area (Å²) in [7, 11) is 1.55. The van der Waals surface area contributed by atoms with Crippen molar-refractivity contribution in [2.75, 3.05) is 13.9 Å². The van der Waals surface area contributed by atoms with Crippen molar-refractivity contribution in [1.82, 2.24) is 5.32 Å². The van der Waals surface area contributed by atoms with Gasteiger partial charge in [0.1, 0.15) is 30.9 Å². The highest BCUT2D eigenvalue weighted by atomic mass is 19.4. The number of hydrogen-bond donors (Lipinski definition) is 1. The van der Waals surface area contributed by atoms with E-state index >= 15 is 0 Å². The van der Waals surface area contributed by atoms with Crippen LogP contribution in [0, 0.1) is 0 Å². The Hall–Kier alpha value is -3.00. The predicted molar refractivity (Wildman–Crippen MR) is 144 cm³/mol. The Bertz CT molecular complexity index is 1180. The zero-order valence-corrected chi connectivity index (χ0v) is 23.8. The van der Waals surface area contributed by atoms with Gasteiger partial charge in [0.25, 0.3) is 0 Å². The van der Waals surface area contributed by atoms with Crippen LogP contribution in [0.15, 0.2) is 66.7 Å². The van der Waals surface area contributed by atoms with Gasteiger partial charge in [-0.2, -0.15) is 13.2 Å². The summed E-state index contributed by atoms with van der Waals surface area (Å²) < 4.78 is 80.2. The summed E-state index contributed by atoms with van der Waals surface area (Å²) in [6.45, 7) is 5.49. The van der Waals surface area contributed by atoms with E-state index in [1.807, 2.05) is 35.6 Å². The predicted octanol–water partition coefficient (Wildman–Crippen LogP) is 4.64. The van der Waals surface area contributed by atoms with E-state index < -0.39 is 54.6 Å². The average Bonchev–Trinajstić information content (AvgIpc) is 3.43. The van der Waals surface area contributed by atoms with Crippen molar-refractivity contribution < 1.29 is 51.1 Å². The molecule has 230 valence electrons. The van der Waals surface area contributed by atoms with Gasteiger partial charge in [-0.1, -0.05) is 54.6 Å². The molecule has 2 aromatic carbocycles. The quantitative estimate of drug-likeness (QED) is 0.204. The van der Waals surface area contributed by atoms with Crippen molar-refractivity contribution in [1.29, 1.82) is 0 Å². The molecule has 0 aliphatic carbocycles. The monoisotopic (exact) mass is 595 g/mol. The molecule has 6 atom stereocenters. The largest absolute Gasteiger partial charge is 0.497 e. The Morgan fingerprint density at radius 3 is 2.38 bits per heavy atom. The first kappa shape index (κ1) is 31.9. The summed E-state index contributed by atoms with van der Waals surface area (Å²) in [5.41, 5.74) is 1.76. The number of ether oxygens (including phenoxy) is 7. The van der Waals surface area contributed by atoms with Crippen molar-refractivity contribution in [2.24, 2.45) is 0 Å². The van der Waals surface area contributed by atoms with E-state index in [1.54, 1.807) is 52.1 Å². The number of rotatable bonds is 13. The normalized spacial score (nSPS) is 24.8. The molecule has 0 bridgehead atoms. The van der Waals surface area contributed by atoms with E-state index in [0.29, 0.717) is 12.4 Å². The van der Waals surface area contributed by atoms with Crippen LogP contribution in [0.2, 0.25) is 0 Å². The molecular weight excluding hydrogens is 559 g/mol. The van der Waals surface area contributed by atoms with Crippen molar-refractivity contribution in [3.8, 4) is 5.75 Å². The summed E-state index contributed by atoms with van der Waals surface area (Å²) in [4.78, 5) is 12.0. The fourth-order valence-electron chi connectivity index (χ4n) is 4.59. The molecule has 0 radical (unpaired) electrons. The van der Waals surface area contributed by atoms with Crippen LogP contribution in [0.25, 0.3) is 0 Å². The number of amides is 1. The Labute approximate surface area is 242 Å². The Balaban J connectivity index is 1.46. The summed E-state index contributed by atoms with van der Waals surface area (Å²) >= 11 is 0. The number of fused-ring (bicyclic) bond motifs is 1. The first-order chi connectivity index (χ1) is 19.9. The number of nitrogens with one attached hydrogen (secondary N) is 1. The molecule has 1 amide bonds. The summed E-state index contributed by atoms with van der Waals surface area (Å²) in [5.74, 6) is -2.45. The number of alkyl halides is 3. The maximum absolute atomic E-state index is 13.3. The lowest BCUT2D eigenvalue weighted by Gasteiger charge is -2.30. The number of carbonyl (C=O) groups excluding carboxylic acids is 1. The molecule has 9 nitrogen and oxygen atoms in total. The maximum atomic E-state index is 13.3. The lowest BCUT2D eigenvalue weighted by molar-refractivity contribution is -0.221. The molecular formula is C30H36F3NO8. The highest BCUT2D eigenvalue weighted by molar-refractivity contribution is 5.82. The van der Waals surface area contributed by atoms with Crippen LogP contribution in [0.4, 0.5) is 13.2 Å². The highest BCUT2D eigenvalue weighted by Gasteiger charge is 2.57. The third-order valence-corrected chi connectivity index (χ3v) is 6.65. The Morgan fingerprint density at radius 2 is 1.71 bits per heavy atom. The van der Waals surface area contributed by atoms with Crippen molar-refractivity contribution >= 4 is 5.91 Å². The van der Waals surface area contributed by atoms with Gasteiger partial charge in [-0.25, -0.2) is 0 Å². The molecule has 12 heteroatoms. The van der Waals surface area contributed by atoms with Crippen LogP contribution < -0.4 is 10.1 Å². The fourth-order valence-corrected chi connectivity index (χ4v) is 4.59. The number of carbonyl (C=O) groups is 1. The average molecular weight is 596 g/mol. The Kier molecular flexibility index (Phi) is 10.6. The van der Waals surface area contributed by atoms with Gasteiger partial charge in [0.15, 0.2) is 12.1 Å². The summed E-state index contributed by atoms with van der Waals surface area (Å²) in [5, 5.41) is 2.03. The molecule has 2 aliphatic rings. The molecule has 2 heterocycles. The van der Waals surface area contributed by atoms with Crippen LogP contribution in [-0.4, -0.2) is 68.5 Å². The second-order valence-electron chi connectivity index (χ2n) is 10.4. The Morgan fingerprint density at radius 1 is 1.02 bits per heavy atom. The third kappa shape index (κ3) is 8.76. The van der Waals surface area contributed by atoms with Crippen molar-refractivity contribution in [2.45, 2.75) is 82.7 Å². The van der Waals surface area contributed by atoms with E-state index in [9.17, 15) is 18.0 Å². The molecule has 2 fully saturated rings. The van der Waals surface area contributed by atoms with E-state index in [4.69, 9.17) is 33.2 Å². The van der Waals surface area contributed by atoms with Crippen LogP contribution in [-0.2, 0) is 46.4 Å².